The Morgan fingerprint density at radius 1 is 0.447 bits per heavy atom. The second-order valence-electron chi connectivity index (χ2n) is 18.3. The maximum absolute atomic E-state index is 13.7. The van der Waals surface area contributed by atoms with E-state index < -0.39 is 116 Å². The highest BCUT2D eigenvalue weighted by molar-refractivity contribution is 5.68. The summed E-state index contributed by atoms with van der Waals surface area (Å²) in [5, 5.41) is 11.7. The van der Waals surface area contributed by atoms with Crippen molar-refractivity contribution in [1.29, 1.82) is 0 Å². The number of aliphatic hydroxyl groups excluding tert-OH is 1. The fourth-order valence-electron chi connectivity index (χ4n) is 9.99. The Kier molecular flexibility index (Phi) is 17.6. The maximum Gasteiger partial charge on any atom is 0.303 e. The molecule has 2 saturated heterocycles. The molecule has 6 aromatic rings. The molecule has 0 aliphatic carbocycles. The van der Waals surface area contributed by atoms with Crippen LogP contribution in [0.5, 0.6) is 0 Å². The van der Waals surface area contributed by atoms with Gasteiger partial charge in [-0.3, -0.25) is 24.0 Å². The molecule has 8 rings (SSSR count). The van der Waals surface area contributed by atoms with Gasteiger partial charge in [0.2, 0.25) is 12.1 Å². The van der Waals surface area contributed by atoms with Crippen LogP contribution in [-0.4, -0.2) is 110 Å². The molecule has 2 aliphatic rings. The number of ether oxygens (including phenoxy) is 10. The van der Waals surface area contributed by atoms with E-state index >= 15 is 0 Å². The van der Waals surface area contributed by atoms with E-state index in [1.54, 1.807) is 0 Å². The fourth-order valence-corrected chi connectivity index (χ4v) is 9.99. The highest BCUT2D eigenvalue weighted by Gasteiger charge is 2.65. The van der Waals surface area contributed by atoms with Crippen molar-refractivity contribution in [2.45, 2.75) is 101 Å². The zero-order chi connectivity index (χ0) is 53.9. The molecule has 0 aromatic heterocycles. The SMILES string of the molecule is CC(=O)OC[C@H]1O[C@H](O[C@]2(COC(c3ccccc3)(c3ccccc3)c3ccccc3)O[C@H](COC(c3ccccc3)(c3ccccc3)c3ccccc3)[C@@H](OC(C)=O)[C@@H]2OC(C)=O)[C@H](OC(C)=O)[C@@H](OC(C)=O)[C@@H]1O. The number of hydrogen-bond donors (Lipinski definition) is 1. The first-order chi connectivity index (χ1) is 36.7. The number of hydrogen-bond acceptors (Lipinski definition) is 16. The number of rotatable bonds is 20. The molecule has 1 N–H and O–H groups in total. The van der Waals surface area contributed by atoms with Gasteiger partial charge in [-0.05, 0) is 33.4 Å². The summed E-state index contributed by atoms with van der Waals surface area (Å²) in [5.41, 5.74) is 1.23. The van der Waals surface area contributed by atoms with Crippen LogP contribution in [0.25, 0.3) is 0 Å². The second kappa shape index (κ2) is 24.4. The van der Waals surface area contributed by atoms with Gasteiger partial charge in [-0.25, -0.2) is 0 Å². The third kappa shape index (κ3) is 11.9. The molecule has 9 atom stereocenters. The predicted molar refractivity (Wildman–Crippen MR) is 273 cm³/mol. The molecule has 0 amide bonds. The first-order valence-electron chi connectivity index (χ1n) is 24.8. The lowest BCUT2D eigenvalue weighted by Crippen LogP contribution is -2.65. The minimum absolute atomic E-state index is 0.399. The van der Waals surface area contributed by atoms with Crippen molar-refractivity contribution in [2.24, 2.45) is 0 Å². The van der Waals surface area contributed by atoms with Crippen molar-refractivity contribution in [3.05, 3.63) is 215 Å². The minimum Gasteiger partial charge on any atom is -0.463 e. The summed E-state index contributed by atoms with van der Waals surface area (Å²) >= 11 is 0. The summed E-state index contributed by atoms with van der Waals surface area (Å²) in [5.74, 6) is -6.68. The lowest BCUT2D eigenvalue weighted by Gasteiger charge is -2.46. The number of aliphatic hydroxyl groups is 1. The summed E-state index contributed by atoms with van der Waals surface area (Å²) in [6, 6.07) is 56.5. The van der Waals surface area contributed by atoms with E-state index in [0.717, 1.165) is 44.4 Å². The average molecular weight is 1040 g/mol. The monoisotopic (exact) mass is 1040 g/mol. The lowest BCUT2D eigenvalue weighted by molar-refractivity contribution is -0.388. The third-order valence-corrected chi connectivity index (χ3v) is 13.1. The molecule has 0 spiro atoms. The van der Waals surface area contributed by atoms with Crippen LogP contribution in [0.3, 0.4) is 0 Å². The van der Waals surface area contributed by atoms with Crippen LogP contribution in [0.2, 0.25) is 0 Å². The van der Waals surface area contributed by atoms with Gasteiger partial charge in [0.25, 0.3) is 0 Å². The van der Waals surface area contributed by atoms with Crippen LogP contribution in [-0.2, 0) is 82.5 Å². The van der Waals surface area contributed by atoms with Crippen molar-refractivity contribution in [1.82, 2.24) is 0 Å². The molecule has 0 bridgehead atoms. The van der Waals surface area contributed by atoms with Crippen LogP contribution >= 0.6 is 0 Å². The van der Waals surface area contributed by atoms with Gasteiger partial charge in [0, 0.05) is 34.6 Å². The smallest absolute Gasteiger partial charge is 0.303 e. The molecule has 0 saturated carbocycles. The van der Waals surface area contributed by atoms with E-state index in [-0.39, 0.29) is 0 Å². The maximum atomic E-state index is 13.7. The number of carbonyl (C=O) groups excluding carboxylic acids is 5. The van der Waals surface area contributed by atoms with E-state index in [1.807, 2.05) is 182 Å². The third-order valence-electron chi connectivity index (χ3n) is 13.1. The van der Waals surface area contributed by atoms with Gasteiger partial charge in [-0.1, -0.05) is 182 Å². The average Bonchev–Trinajstić information content (AvgIpc) is 3.82. The molecular weight excluding hydrogens is 977 g/mol. The van der Waals surface area contributed by atoms with E-state index in [9.17, 15) is 29.1 Å². The Bertz CT molecular complexity index is 2680. The molecule has 0 radical (unpaired) electrons. The zero-order valence-electron chi connectivity index (χ0n) is 42.6. The molecule has 2 fully saturated rings. The molecule has 16 heteroatoms. The fraction of sp³-hybridized carbons (Fsp3) is 0.317. The molecule has 6 aromatic carbocycles. The Hall–Kier alpha value is -7.57. The Labute approximate surface area is 440 Å². The Morgan fingerprint density at radius 3 is 1.17 bits per heavy atom. The van der Waals surface area contributed by atoms with Crippen molar-refractivity contribution in [3.8, 4) is 0 Å². The lowest BCUT2D eigenvalue weighted by atomic mass is 9.80. The molecule has 396 valence electrons. The quantitative estimate of drug-likeness (QED) is 0.0448. The largest absolute Gasteiger partial charge is 0.463 e. The number of esters is 5. The van der Waals surface area contributed by atoms with Crippen LogP contribution < -0.4 is 0 Å². The summed E-state index contributed by atoms with van der Waals surface area (Å²) in [6.07, 6.45) is -13.4. The molecule has 2 heterocycles. The first kappa shape index (κ1) is 54.7. The highest BCUT2D eigenvalue weighted by Crippen LogP contribution is 2.48. The van der Waals surface area contributed by atoms with Gasteiger partial charge < -0.3 is 52.5 Å². The van der Waals surface area contributed by atoms with Gasteiger partial charge in [0.05, 0.1) is 6.61 Å². The molecule has 2 aliphatic heterocycles. The first-order valence-corrected chi connectivity index (χ1v) is 24.8. The van der Waals surface area contributed by atoms with Crippen molar-refractivity contribution < 1.29 is 76.4 Å². The predicted octanol–water partition coefficient (Wildman–Crippen LogP) is 7.49. The second-order valence-corrected chi connectivity index (χ2v) is 18.3. The Balaban J connectivity index is 1.35. The molecule has 0 unspecified atom stereocenters. The minimum atomic E-state index is -2.49. The summed E-state index contributed by atoms with van der Waals surface area (Å²) < 4.78 is 64.6. The van der Waals surface area contributed by atoms with Gasteiger partial charge in [0.15, 0.2) is 24.4 Å². The van der Waals surface area contributed by atoms with E-state index in [0.29, 0.717) is 16.7 Å². The van der Waals surface area contributed by atoms with Gasteiger partial charge in [-0.2, -0.15) is 0 Å². The van der Waals surface area contributed by atoms with Crippen molar-refractivity contribution in [3.63, 3.8) is 0 Å². The van der Waals surface area contributed by atoms with Crippen molar-refractivity contribution >= 4 is 29.8 Å². The number of benzene rings is 6. The standard InChI is InChI=1S/C60H60O16/c1-39(61)67-36-50-52(66)54(71-41(3)63)55(72-42(4)64)57(74-50)76-58(38-69-60(47-30-18-9-19-31-47,48-32-20-10-21-33-48)49-34-22-11-23-35-49)56(73-43(5)65)53(70-40(2)62)51(75-58)37-68-59(44-24-12-6-13-25-44,45-26-14-7-15-27-45)46-28-16-8-17-29-46/h6-35,50-57,66H,36-38H2,1-5H3/t50-,51-,52-,53-,54+,55-,56+,57-,58+/m1/s1. The van der Waals surface area contributed by atoms with Gasteiger partial charge >= 0.3 is 29.8 Å². The van der Waals surface area contributed by atoms with Crippen molar-refractivity contribution in [2.75, 3.05) is 19.8 Å². The normalized spacial score (nSPS) is 23.4. The molecule has 76 heavy (non-hydrogen) atoms. The van der Waals surface area contributed by atoms with Crippen LogP contribution in [0.15, 0.2) is 182 Å². The van der Waals surface area contributed by atoms with E-state index in [4.69, 9.17) is 47.4 Å². The van der Waals surface area contributed by atoms with E-state index in [2.05, 4.69) is 0 Å². The highest BCUT2D eigenvalue weighted by atomic mass is 16.8. The van der Waals surface area contributed by atoms with Crippen LogP contribution in [0.4, 0.5) is 0 Å². The number of carbonyl (C=O) groups is 5. The van der Waals surface area contributed by atoms with E-state index in [1.165, 1.54) is 6.92 Å². The summed E-state index contributed by atoms with van der Waals surface area (Å²) in [4.78, 5) is 65.3. The van der Waals surface area contributed by atoms with Crippen LogP contribution in [0.1, 0.15) is 68.0 Å². The van der Waals surface area contributed by atoms with Gasteiger partial charge in [-0.15, -0.1) is 0 Å². The van der Waals surface area contributed by atoms with Crippen LogP contribution in [0, 0.1) is 0 Å². The van der Waals surface area contributed by atoms with Gasteiger partial charge in [0.1, 0.15) is 42.7 Å². The Morgan fingerprint density at radius 2 is 0.803 bits per heavy atom. The topological polar surface area (TPSA) is 198 Å². The summed E-state index contributed by atoms with van der Waals surface area (Å²) in [6.45, 7) is 3.95. The molecule has 16 nitrogen and oxygen atoms in total. The molecular formula is C60H60O16. The zero-order valence-corrected chi connectivity index (χ0v) is 42.6. The summed E-state index contributed by atoms with van der Waals surface area (Å²) in [7, 11) is 0.